The van der Waals surface area contributed by atoms with Gasteiger partial charge in [0.15, 0.2) is 0 Å². The van der Waals surface area contributed by atoms with Gasteiger partial charge in [0, 0.05) is 5.54 Å². The van der Waals surface area contributed by atoms with Crippen LogP contribution in [-0.2, 0) is 5.54 Å². The van der Waals surface area contributed by atoms with E-state index in [4.69, 9.17) is 5.73 Å². The first-order valence-corrected chi connectivity index (χ1v) is 4.39. The van der Waals surface area contributed by atoms with Gasteiger partial charge in [-0.3, -0.25) is 0 Å². The zero-order chi connectivity index (χ0) is 9.19. The molecule has 0 saturated heterocycles. The molecule has 1 heteroatoms. The van der Waals surface area contributed by atoms with Crippen molar-refractivity contribution in [1.29, 1.82) is 0 Å². The summed E-state index contributed by atoms with van der Waals surface area (Å²) in [5, 5.41) is 0. The Morgan fingerprint density at radius 2 is 1.67 bits per heavy atom. The summed E-state index contributed by atoms with van der Waals surface area (Å²) in [6, 6.07) is 10.2. The predicted molar refractivity (Wildman–Crippen MR) is 52.8 cm³/mol. The fourth-order valence-electron chi connectivity index (χ4n) is 1.13. The van der Waals surface area contributed by atoms with E-state index in [1.54, 1.807) is 0 Å². The third-order valence-electron chi connectivity index (χ3n) is 2.60. The molecule has 0 saturated carbocycles. The first-order chi connectivity index (χ1) is 5.55. The highest BCUT2D eigenvalue weighted by Crippen LogP contribution is 2.25. The molecular formula is C11H17N. The maximum atomic E-state index is 6.18. The van der Waals surface area contributed by atoms with Gasteiger partial charge in [-0.05, 0) is 18.4 Å². The molecule has 1 aromatic rings. The van der Waals surface area contributed by atoms with Gasteiger partial charge in [-0.1, -0.05) is 44.2 Å². The Hall–Kier alpha value is -0.820. The largest absolute Gasteiger partial charge is 0.321 e. The monoisotopic (exact) mass is 163 g/mol. The molecule has 0 aromatic heterocycles. The number of benzene rings is 1. The minimum absolute atomic E-state index is 0.207. The van der Waals surface area contributed by atoms with Crippen LogP contribution < -0.4 is 5.73 Å². The van der Waals surface area contributed by atoms with Crippen molar-refractivity contribution in [2.75, 3.05) is 0 Å². The summed E-state index contributed by atoms with van der Waals surface area (Å²) in [5.41, 5.74) is 7.18. The maximum absolute atomic E-state index is 6.18. The second-order valence-electron chi connectivity index (χ2n) is 3.80. The highest BCUT2D eigenvalue weighted by Gasteiger charge is 2.24. The van der Waals surface area contributed by atoms with E-state index in [0.29, 0.717) is 5.92 Å². The normalized spacial score (nSPS) is 16.1. The molecule has 0 aliphatic rings. The number of rotatable bonds is 2. The van der Waals surface area contributed by atoms with Gasteiger partial charge in [-0.2, -0.15) is 0 Å². The van der Waals surface area contributed by atoms with Crippen molar-refractivity contribution in [1.82, 2.24) is 0 Å². The van der Waals surface area contributed by atoms with E-state index in [9.17, 15) is 0 Å². The number of hydrogen-bond donors (Lipinski definition) is 1. The van der Waals surface area contributed by atoms with Crippen LogP contribution in [0.5, 0.6) is 0 Å². The van der Waals surface area contributed by atoms with Crippen LogP contribution in [0.2, 0.25) is 0 Å². The Morgan fingerprint density at radius 3 is 2.08 bits per heavy atom. The van der Waals surface area contributed by atoms with E-state index < -0.39 is 0 Å². The molecule has 1 unspecified atom stereocenters. The summed E-state index contributed by atoms with van der Waals surface area (Å²) in [4.78, 5) is 0. The molecule has 1 atom stereocenters. The molecule has 12 heavy (non-hydrogen) atoms. The molecule has 1 nitrogen and oxygen atoms in total. The fourth-order valence-corrected chi connectivity index (χ4v) is 1.13. The Morgan fingerprint density at radius 1 is 1.17 bits per heavy atom. The van der Waals surface area contributed by atoms with Crippen LogP contribution in [0.15, 0.2) is 30.3 Å². The van der Waals surface area contributed by atoms with Crippen LogP contribution >= 0.6 is 0 Å². The molecule has 1 aromatic carbocycles. The van der Waals surface area contributed by atoms with Gasteiger partial charge in [-0.25, -0.2) is 0 Å². The van der Waals surface area contributed by atoms with Crippen molar-refractivity contribution < 1.29 is 0 Å². The predicted octanol–water partition coefficient (Wildman–Crippen LogP) is 2.52. The van der Waals surface area contributed by atoms with E-state index in [1.807, 2.05) is 18.2 Å². The van der Waals surface area contributed by atoms with Gasteiger partial charge in [0.2, 0.25) is 0 Å². The standard InChI is InChI=1S/C11H17N/c1-9(2)11(3,12)10-7-5-4-6-8-10/h4-9H,12H2,1-3H3. The van der Waals surface area contributed by atoms with E-state index in [-0.39, 0.29) is 5.54 Å². The molecule has 0 aliphatic heterocycles. The first-order valence-electron chi connectivity index (χ1n) is 4.39. The van der Waals surface area contributed by atoms with Gasteiger partial charge in [-0.15, -0.1) is 0 Å². The summed E-state index contributed by atoms with van der Waals surface area (Å²) in [7, 11) is 0. The molecule has 1 rings (SSSR count). The molecule has 0 amide bonds. The van der Waals surface area contributed by atoms with Crippen molar-refractivity contribution in [3.63, 3.8) is 0 Å². The van der Waals surface area contributed by atoms with E-state index in [0.717, 1.165) is 0 Å². The molecule has 2 N–H and O–H groups in total. The third kappa shape index (κ3) is 1.67. The summed E-state index contributed by atoms with van der Waals surface area (Å²) in [6.07, 6.45) is 0. The first kappa shape index (κ1) is 9.27. The molecule has 0 fully saturated rings. The van der Waals surface area contributed by atoms with Crippen molar-refractivity contribution >= 4 is 0 Å². The summed E-state index contributed by atoms with van der Waals surface area (Å²) < 4.78 is 0. The average molecular weight is 163 g/mol. The maximum Gasteiger partial charge on any atom is 0.0404 e. The molecule has 66 valence electrons. The van der Waals surface area contributed by atoms with Gasteiger partial charge < -0.3 is 5.73 Å². The van der Waals surface area contributed by atoms with Crippen molar-refractivity contribution in [3.8, 4) is 0 Å². The van der Waals surface area contributed by atoms with E-state index in [2.05, 4.69) is 32.9 Å². The van der Waals surface area contributed by atoms with Crippen LogP contribution in [0, 0.1) is 5.92 Å². The molecule has 0 radical (unpaired) electrons. The van der Waals surface area contributed by atoms with Gasteiger partial charge in [0.05, 0.1) is 0 Å². The zero-order valence-corrected chi connectivity index (χ0v) is 8.04. The lowest BCUT2D eigenvalue weighted by Crippen LogP contribution is -2.38. The molecule has 0 bridgehead atoms. The van der Waals surface area contributed by atoms with E-state index >= 15 is 0 Å². The smallest absolute Gasteiger partial charge is 0.0404 e. The molecule has 0 heterocycles. The van der Waals surface area contributed by atoms with Crippen LogP contribution in [-0.4, -0.2) is 0 Å². The topological polar surface area (TPSA) is 26.0 Å². The highest BCUT2D eigenvalue weighted by atomic mass is 14.7. The van der Waals surface area contributed by atoms with Crippen LogP contribution in [0.3, 0.4) is 0 Å². The Labute approximate surface area is 74.6 Å². The Kier molecular flexibility index (Phi) is 2.53. The Bertz CT molecular complexity index is 236. The van der Waals surface area contributed by atoms with Crippen molar-refractivity contribution in [3.05, 3.63) is 35.9 Å². The summed E-state index contributed by atoms with van der Waals surface area (Å²) in [5.74, 6) is 0.458. The quantitative estimate of drug-likeness (QED) is 0.712. The average Bonchev–Trinajstić information content (AvgIpc) is 2.06. The lowest BCUT2D eigenvalue weighted by atomic mass is 9.83. The van der Waals surface area contributed by atoms with Gasteiger partial charge >= 0.3 is 0 Å². The Balaban J connectivity index is 2.98. The van der Waals surface area contributed by atoms with Gasteiger partial charge in [0.1, 0.15) is 0 Å². The molecule has 0 spiro atoms. The zero-order valence-electron chi connectivity index (χ0n) is 8.04. The lowest BCUT2D eigenvalue weighted by molar-refractivity contribution is 0.350. The van der Waals surface area contributed by atoms with Crippen LogP contribution in [0.4, 0.5) is 0 Å². The SMILES string of the molecule is CC(C)C(C)(N)c1ccccc1. The van der Waals surface area contributed by atoms with Crippen molar-refractivity contribution in [2.24, 2.45) is 11.7 Å². The number of hydrogen-bond acceptors (Lipinski definition) is 1. The second-order valence-corrected chi connectivity index (χ2v) is 3.80. The summed E-state index contributed by atoms with van der Waals surface area (Å²) in [6.45, 7) is 6.37. The lowest BCUT2D eigenvalue weighted by Gasteiger charge is -2.29. The minimum atomic E-state index is -0.207. The highest BCUT2D eigenvalue weighted by molar-refractivity contribution is 5.23. The summed E-state index contributed by atoms with van der Waals surface area (Å²) >= 11 is 0. The minimum Gasteiger partial charge on any atom is -0.321 e. The van der Waals surface area contributed by atoms with Crippen LogP contribution in [0.25, 0.3) is 0 Å². The third-order valence-corrected chi connectivity index (χ3v) is 2.60. The number of nitrogens with two attached hydrogens (primary N) is 1. The molecular weight excluding hydrogens is 146 g/mol. The molecule has 0 aliphatic carbocycles. The fraction of sp³-hybridized carbons (Fsp3) is 0.455. The van der Waals surface area contributed by atoms with Crippen LogP contribution in [0.1, 0.15) is 26.3 Å². The van der Waals surface area contributed by atoms with Gasteiger partial charge in [0.25, 0.3) is 0 Å². The van der Waals surface area contributed by atoms with Crippen molar-refractivity contribution in [2.45, 2.75) is 26.3 Å². The van der Waals surface area contributed by atoms with E-state index in [1.165, 1.54) is 5.56 Å². The second kappa shape index (κ2) is 3.28.